The summed E-state index contributed by atoms with van der Waals surface area (Å²) in [6, 6.07) is 14.1. The van der Waals surface area contributed by atoms with Crippen molar-refractivity contribution in [2.75, 3.05) is 10.6 Å². The van der Waals surface area contributed by atoms with E-state index in [1.54, 1.807) is 24.3 Å². The van der Waals surface area contributed by atoms with Crippen LogP contribution >= 0.6 is 0 Å². The number of anilines is 2. The molecule has 7 heteroatoms. The second kappa shape index (κ2) is 7.69. The molecule has 0 atom stereocenters. The molecule has 3 rings (SSSR count). The van der Waals surface area contributed by atoms with E-state index >= 15 is 0 Å². The van der Waals surface area contributed by atoms with Crippen molar-refractivity contribution in [3.63, 3.8) is 0 Å². The Kier molecular flexibility index (Phi) is 5.17. The fourth-order valence-corrected chi connectivity index (χ4v) is 2.49. The Balaban J connectivity index is 1.58. The van der Waals surface area contributed by atoms with Gasteiger partial charge in [0.25, 0.3) is 0 Å². The quantitative estimate of drug-likeness (QED) is 0.654. The molecule has 0 aliphatic heterocycles. The molecule has 1 heterocycles. The average Bonchev–Trinajstić information content (AvgIpc) is 2.99. The first kappa shape index (κ1) is 17.5. The molecular weight excluding hydrogens is 332 g/mol. The standard InChI is InChI=1S/C19H20N4O3/c1-12(2)20-19(25)22-14-9-7-13(8-10-14)21-18(24)11-16-15-5-3-4-6-17(15)26-23-16/h3-10,12H,11H2,1-2H3,(H,21,24)(H2,20,22,25). The number of hydrogen-bond acceptors (Lipinski definition) is 4. The molecule has 0 saturated carbocycles. The number of urea groups is 1. The van der Waals surface area contributed by atoms with Crippen LogP contribution in [0.15, 0.2) is 53.1 Å². The second-order valence-corrected chi connectivity index (χ2v) is 6.18. The number of carbonyl (C=O) groups is 2. The maximum Gasteiger partial charge on any atom is 0.319 e. The van der Waals surface area contributed by atoms with E-state index in [1.807, 2.05) is 38.1 Å². The Labute approximate surface area is 150 Å². The minimum Gasteiger partial charge on any atom is -0.356 e. The van der Waals surface area contributed by atoms with Crippen molar-refractivity contribution in [3.05, 3.63) is 54.2 Å². The minimum atomic E-state index is -0.269. The molecule has 0 unspecified atom stereocenters. The maximum absolute atomic E-state index is 12.2. The zero-order valence-electron chi connectivity index (χ0n) is 14.6. The number of nitrogens with one attached hydrogen (secondary N) is 3. The van der Waals surface area contributed by atoms with Gasteiger partial charge in [0.15, 0.2) is 5.58 Å². The number of carbonyl (C=O) groups excluding carboxylic acids is 2. The Morgan fingerprint density at radius 2 is 1.65 bits per heavy atom. The summed E-state index contributed by atoms with van der Waals surface area (Å²) in [6.07, 6.45) is 0.119. The molecule has 7 nitrogen and oxygen atoms in total. The third-order valence-electron chi connectivity index (χ3n) is 3.63. The first-order chi connectivity index (χ1) is 12.5. The highest BCUT2D eigenvalue weighted by Gasteiger charge is 2.12. The van der Waals surface area contributed by atoms with Crippen molar-refractivity contribution in [1.82, 2.24) is 10.5 Å². The summed E-state index contributed by atoms with van der Waals surface area (Å²) in [4.78, 5) is 23.9. The van der Waals surface area contributed by atoms with E-state index in [0.29, 0.717) is 22.7 Å². The zero-order valence-corrected chi connectivity index (χ0v) is 14.6. The first-order valence-corrected chi connectivity index (χ1v) is 8.32. The first-order valence-electron chi connectivity index (χ1n) is 8.32. The molecule has 3 aromatic rings. The Hall–Kier alpha value is -3.35. The SMILES string of the molecule is CC(C)NC(=O)Nc1ccc(NC(=O)Cc2noc3ccccc23)cc1. The number of fused-ring (bicyclic) bond motifs is 1. The number of para-hydroxylation sites is 1. The number of amides is 3. The lowest BCUT2D eigenvalue weighted by Crippen LogP contribution is -2.34. The smallest absolute Gasteiger partial charge is 0.319 e. The monoisotopic (exact) mass is 352 g/mol. The van der Waals surface area contributed by atoms with Crippen molar-refractivity contribution < 1.29 is 14.1 Å². The van der Waals surface area contributed by atoms with Gasteiger partial charge in [-0.3, -0.25) is 4.79 Å². The lowest BCUT2D eigenvalue weighted by atomic mass is 10.1. The highest BCUT2D eigenvalue weighted by Crippen LogP contribution is 2.19. The molecule has 1 aromatic heterocycles. The highest BCUT2D eigenvalue weighted by molar-refractivity contribution is 5.95. The molecule has 3 amide bonds. The van der Waals surface area contributed by atoms with Crippen LogP contribution in [-0.2, 0) is 11.2 Å². The summed E-state index contributed by atoms with van der Waals surface area (Å²) >= 11 is 0. The Morgan fingerprint density at radius 3 is 2.35 bits per heavy atom. The zero-order chi connectivity index (χ0) is 18.5. The van der Waals surface area contributed by atoms with E-state index in [-0.39, 0.29) is 24.4 Å². The van der Waals surface area contributed by atoms with Crippen LogP contribution in [0.4, 0.5) is 16.2 Å². The van der Waals surface area contributed by atoms with Crippen molar-refractivity contribution in [3.8, 4) is 0 Å². The van der Waals surface area contributed by atoms with Crippen LogP contribution in [0.5, 0.6) is 0 Å². The summed E-state index contributed by atoms with van der Waals surface area (Å²) in [6.45, 7) is 3.77. The van der Waals surface area contributed by atoms with Gasteiger partial charge in [0.2, 0.25) is 5.91 Å². The Bertz CT molecular complexity index is 916. The predicted octanol–water partition coefficient (Wildman–Crippen LogP) is 3.54. The van der Waals surface area contributed by atoms with Gasteiger partial charge in [-0.15, -0.1) is 0 Å². The third kappa shape index (κ3) is 4.38. The molecule has 0 aliphatic carbocycles. The number of nitrogens with zero attached hydrogens (tertiary/aromatic N) is 1. The molecule has 0 aliphatic rings. The molecule has 0 fully saturated rings. The van der Waals surface area contributed by atoms with Gasteiger partial charge in [-0.2, -0.15) is 0 Å². The normalized spacial score (nSPS) is 10.7. The van der Waals surface area contributed by atoms with E-state index in [4.69, 9.17) is 4.52 Å². The van der Waals surface area contributed by atoms with Crippen LogP contribution in [0.1, 0.15) is 19.5 Å². The summed E-state index contributed by atoms with van der Waals surface area (Å²) in [5.74, 6) is -0.192. The average molecular weight is 352 g/mol. The van der Waals surface area contributed by atoms with E-state index in [2.05, 4.69) is 21.1 Å². The summed E-state index contributed by atoms with van der Waals surface area (Å²) in [7, 11) is 0. The number of benzene rings is 2. The van der Waals surface area contributed by atoms with E-state index < -0.39 is 0 Å². The second-order valence-electron chi connectivity index (χ2n) is 6.18. The lowest BCUT2D eigenvalue weighted by Gasteiger charge is -2.10. The van der Waals surface area contributed by atoms with Gasteiger partial charge in [-0.05, 0) is 50.2 Å². The molecule has 26 heavy (non-hydrogen) atoms. The number of aromatic nitrogens is 1. The van der Waals surface area contributed by atoms with Crippen LogP contribution in [-0.4, -0.2) is 23.1 Å². The van der Waals surface area contributed by atoms with Crippen molar-refractivity contribution in [2.45, 2.75) is 26.3 Å². The molecule has 134 valence electrons. The summed E-state index contributed by atoms with van der Waals surface area (Å²) in [5, 5.41) is 13.1. The fourth-order valence-electron chi connectivity index (χ4n) is 2.49. The van der Waals surface area contributed by atoms with E-state index in [0.717, 1.165) is 5.39 Å². The van der Waals surface area contributed by atoms with Crippen LogP contribution in [0.25, 0.3) is 11.0 Å². The Morgan fingerprint density at radius 1 is 1.00 bits per heavy atom. The molecule has 3 N–H and O–H groups in total. The van der Waals surface area contributed by atoms with Gasteiger partial charge in [0.05, 0.1) is 6.42 Å². The lowest BCUT2D eigenvalue weighted by molar-refractivity contribution is -0.115. The maximum atomic E-state index is 12.2. The van der Waals surface area contributed by atoms with Crippen molar-refractivity contribution in [2.24, 2.45) is 0 Å². The molecule has 0 radical (unpaired) electrons. The molecular formula is C19H20N4O3. The summed E-state index contributed by atoms with van der Waals surface area (Å²) < 4.78 is 5.20. The van der Waals surface area contributed by atoms with Crippen LogP contribution in [0, 0.1) is 0 Å². The number of rotatable bonds is 5. The van der Waals surface area contributed by atoms with Gasteiger partial charge >= 0.3 is 6.03 Å². The molecule has 0 spiro atoms. The predicted molar refractivity (Wildman–Crippen MR) is 100 cm³/mol. The van der Waals surface area contributed by atoms with Gasteiger partial charge in [-0.25, -0.2) is 4.79 Å². The minimum absolute atomic E-state index is 0.0566. The van der Waals surface area contributed by atoms with Gasteiger partial charge in [0, 0.05) is 22.8 Å². The highest BCUT2D eigenvalue weighted by atomic mass is 16.5. The van der Waals surface area contributed by atoms with Crippen LogP contribution in [0.3, 0.4) is 0 Å². The van der Waals surface area contributed by atoms with E-state index in [1.165, 1.54) is 0 Å². The van der Waals surface area contributed by atoms with Gasteiger partial charge in [0.1, 0.15) is 5.69 Å². The van der Waals surface area contributed by atoms with Gasteiger partial charge < -0.3 is 20.5 Å². The summed E-state index contributed by atoms with van der Waals surface area (Å²) in [5.41, 5.74) is 2.54. The molecule has 0 bridgehead atoms. The fraction of sp³-hybridized carbons (Fsp3) is 0.211. The van der Waals surface area contributed by atoms with Crippen LogP contribution in [0.2, 0.25) is 0 Å². The molecule has 2 aromatic carbocycles. The largest absolute Gasteiger partial charge is 0.356 e. The van der Waals surface area contributed by atoms with Crippen LogP contribution < -0.4 is 16.0 Å². The van der Waals surface area contributed by atoms with E-state index in [9.17, 15) is 9.59 Å². The van der Waals surface area contributed by atoms with Crippen molar-refractivity contribution >= 4 is 34.3 Å². The van der Waals surface area contributed by atoms with Crippen molar-refractivity contribution in [1.29, 1.82) is 0 Å². The number of hydrogen-bond donors (Lipinski definition) is 3. The topological polar surface area (TPSA) is 96.3 Å². The third-order valence-corrected chi connectivity index (χ3v) is 3.63. The molecule has 0 saturated heterocycles. The van der Waals surface area contributed by atoms with Gasteiger partial charge in [-0.1, -0.05) is 17.3 Å².